The zero-order chi connectivity index (χ0) is 13.7. The third kappa shape index (κ3) is 3.22. The van der Waals surface area contributed by atoms with Gasteiger partial charge in [0.2, 0.25) is 0 Å². The van der Waals surface area contributed by atoms with Crippen molar-refractivity contribution in [2.75, 3.05) is 32.2 Å². The molecule has 1 aromatic heterocycles. The average molecular weight is 260 g/mol. The Morgan fingerprint density at radius 1 is 1.32 bits per heavy atom. The lowest BCUT2D eigenvalue weighted by molar-refractivity contribution is 0.196. The van der Waals surface area contributed by atoms with Crippen LogP contribution in [-0.2, 0) is 11.3 Å². The van der Waals surface area contributed by atoms with Crippen molar-refractivity contribution in [3.8, 4) is 0 Å². The zero-order valence-corrected chi connectivity index (χ0v) is 11.5. The molecule has 2 aromatic rings. The van der Waals surface area contributed by atoms with Crippen molar-refractivity contribution in [1.82, 2.24) is 4.98 Å². The molecule has 102 valence electrons. The maximum atomic E-state index is 9.49. The molecule has 0 aliphatic heterocycles. The van der Waals surface area contributed by atoms with Crippen molar-refractivity contribution in [2.24, 2.45) is 0 Å². The first-order chi connectivity index (χ1) is 9.26. The normalized spacial score (nSPS) is 10.9. The maximum Gasteiger partial charge on any atom is 0.129 e. The molecular formula is C15H20N2O2. The minimum absolute atomic E-state index is 0.0297. The van der Waals surface area contributed by atoms with Gasteiger partial charge in [0.25, 0.3) is 0 Å². The van der Waals surface area contributed by atoms with Crippen LogP contribution in [0.5, 0.6) is 0 Å². The number of fused-ring (bicyclic) bond motifs is 1. The maximum absolute atomic E-state index is 9.49. The summed E-state index contributed by atoms with van der Waals surface area (Å²) >= 11 is 0. The van der Waals surface area contributed by atoms with Gasteiger partial charge < -0.3 is 14.7 Å². The van der Waals surface area contributed by atoms with Gasteiger partial charge in [0.05, 0.1) is 12.1 Å². The zero-order valence-electron chi connectivity index (χ0n) is 11.5. The number of rotatable bonds is 6. The van der Waals surface area contributed by atoms with E-state index in [9.17, 15) is 5.11 Å². The largest absolute Gasteiger partial charge is 0.392 e. The van der Waals surface area contributed by atoms with Gasteiger partial charge in [-0.05, 0) is 24.1 Å². The summed E-state index contributed by atoms with van der Waals surface area (Å²) < 4.78 is 5.06. The van der Waals surface area contributed by atoms with Crippen molar-refractivity contribution in [2.45, 2.75) is 13.0 Å². The standard InChI is InChI=1S/C15H20N2O2/c1-17(8-5-9-19-2)15-10-12(11-18)13-6-3-4-7-14(13)16-15/h3-4,6-7,10,18H,5,8-9,11H2,1-2H3. The van der Waals surface area contributed by atoms with Gasteiger partial charge in [-0.1, -0.05) is 18.2 Å². The lowest BCUT2D eigenvalue weighted by Crippen LogP contribution is -2.21. The minimum atomic E-state index is 0.0297. The molecule has 0 radical (unpaired) electrons. The molecule has 0 aliphatic carbocycles. The van der Waals surface area contributed by atoms with Gasteiger partial charge in [-0.25, -0.2) is 4.98 Å². The van der Waals surface area contributed by atoms with Crippen LogP contribution in [0.4, 0.5) is 5.82 Å². The number of pyridine rings is 1. The highest BCUT2D eigenvalue weighted by atomic mass is 16.5. The molecule has 0 unspecified atom stereocenters. The van der Waals surface area contributed by atoms with Gasteiger partial charge in [0.15, 0.2) is 0 Å². The first kappa shape index (κ1) is 13.8. The second-order valence-electron chi connectivity index (χ2n) is 4.58. The van der Waals surface area contributed by atoms with Crippen LogP contribution in [0.3, 0.4) is 0 Å². The Hall–Kier alpha value is -1.65. The lowest BCUT2D eigenvalue weighted by Gasteiger charge is -2.19. The number of methoxy groups -OCH3 is 1. The summed E-state index contributed by atoms with van der Waals surface area (Å²) in [7, 11) is 3.71. The van der Waals surface area contributed by atoms with Crippen molar-refractivity contribution in [1.29, 1.82) is 0 Å². The van der Waals surface area contributed by atoms with E-state index in [0.29, 0.717) is 0 Å². The van der Waals surface area contributed by atoms with E-state index in [1.54, 1.807) is 7.11 Å². The Bertz CT molecular complexity index is 543. The number of hydrogen-bond acceptors (Lipinski definition) is 4. The van der Waals surface area contributed by atoms with E-state index in [0.717, 1.165) is 41.9 Å². The Morgan fingerprint density at radius 3 is 2.84 bits per heavy atom. The molecule has 1 N–H and O–H groups in total. The van der Waals surface area contributed by atoms with Crippen LogP contribution < -0.4 is 4.90 Å². The smallest absolute Gasteiger partial charge is 0.129 e. The van der Waals surface area contributed by atoms with Crippen molar-refractivity contribution >= 4 is 16.7 Å². The molecule has 0 fully saturated rings. The molecule has 0 saturated carbocycles. The fourth-order valence-electron chi connectivity index (χ4n) is 2.12. The quantitative estimate of drug-likeness (QED) is 0.809. The summed E-state index contributed by atoms with van der Waals surface area (Å²) in [5, 5.41) is 10.5. The number of benzene rings is 1. The van der Waals surface area contributed by atoms with E-state index in [2.05, 4.69) is 9.88 Å². The highest BCUT2D eigenvalue weighted by Gasteiger charge is 2.08. The number of aliphatic hydroxyl groups is 1. The third-order valence-electron chi connectivity index (χ3n) is 3.19. The number of aliphatic hydroxyl groups excluding tert-OH is 1. The van der Waals surface area contributed by atoms with Crippen LogP contribution in [-0.4, -0.2) is 37.4 Å². The summed E-state index contributed by atoms with van der Waals surface area (Å²) in [6, 6.07) is 9.84. The Morgan fingerprint density at radius 2 is 2.11 bits per heavy atom. The van der Waals surface area contributed by atoms with Crippen LogP contribution in [0, 0.1) is 0 Å². The molecule has 1 heterocycles. The fourth-order valence-corrected chi connectivity index (χ4v) is 2.12. The van der Waals surface area contributed by atoms with E-state index in [4.69, 9.17) is 4.74 Å². The highest BCUT2D eigenvalue weighted by Crippen LogP contribution is 2.22. The molecule has 1 aromatic carbocycles. The number of ether oxygens (including phenoxy) is 1. The van der Waals surface area contributed by atoms with Gasteiger partial charge in [-0.15, -0.1) is 0 Å². The Balaban J connectivity index is 2.28. The molecule has 0 amide bonds. The topological polar surface area (TPSA) is 45.6 Å². The number of hydrogen-bond donors (Lipinski definition) is 1. The van der Waals surface area contributed by atoms with Gasteiger partial charge in [-0.2, -0.15) is 0 Å². The predicted molar refractivity (Wildman–Crippen MR) is 77.4 cm³/mol. The van der Waals surface area contributed by atoms with Crippen LogP contribution >= 0.6 is 0 Å². The van der Waals surface area contributed by atoms with E-state index in [1.165, 1.54) is 0 Å². The van der Waals surface area contributed by atoms with Gasteiger partial charge in [0, 0.05) is 32.7 Å². The van der Waals surface area contributed by atoms with Crippen molar-refractivity contribution < 1.29 is 9.84 Å². The summed E-state index contributed by atoms with van der Waals surface area (Å²) in [6.07, 6.45) is 0.954. The molecule has 0 saturated heterocycles. The number of aromatic nitrogens is 1. The van der Waals surface area contributed by atoms with Gasteiger partial charge >= 0.3 is 0 Å². The van der Waals surface area contributed by atoms with Crippen LogP contribution in [0.15, 0.2) is 30.3 Å². The molecule has 0 atom stereocenters. The summed E-state index contributed by atoms with van der Waals surface area (Å²) in [5.74, 6) is 0.888. The average Bonchev–Trinajstić information content (AvgIpc) is 2.46. The van der Waals surface area contributed by atoms with E-state index in [-0.39, 0.29) is 6.61 Å². The lowest BCUT2D eigenvalue weighted by atomic mass is 10.1. The highest BCUT2D eigenvalue weighted by molar-refractivity contribution is 5.84. The molecule has 0 spiro atoms. The molecule has 2 rings (SSSR count). The molecular weight excluding hydrogens is 240 g/mol. The first-order valence-corrected chi connectivity index (χ1v) is 6.46. The SMILES string of the molecule is COCCCN(C)c1cc(CO)c2ccccc2n1. The predicted octanol–water partition coefficient (Wildman–Crippen LogP) is 2.20. The van der Waals surface area contributed by atoms with Gasteiger partial charge in [0.1, 0.15) is 5.82 Å². The summed E-state index contributed by atoms with van der Waals surface area (Å²) in [5.41, 5.74) is 1.84. The number of para-hydroxylation sites is 1. The third-order valence-corrected chi connectivity index (χ3v) is 3.19. The van der Waals surface area contributed by atoms with Crippen LogP contribution in [0.1, 0.15) is 12.0 Å². The fraction of sp³-hybridized carbons (Fsp3) is 0.400. The summed E-state index contributed by atoms with van der Waals surface area (Å²) in [6.45, 7) is 1.65. The molecule has 4 nitrogen and oxygen atoms in total. The Kier molecular flexibility index (Phi) is 4.71. The molecule has 19 heavy (non-hydrogen) atoms. The molecule has 0 aliphatic rings. The number of nitrogens with zero attached hydrogens (tertiary/aromatic N) is 2. The van der Waals surface area contributed by atoms with E-state index >= 15 is 0 Å². The number of anilines is 1. The van der Waals surface area contributed by atoms with Gasteiger partial charge in [-0.3, -0.25) is 0 Å². The van der Waals surface area contributed by atoms with Crippen LogP contribution in [0.2, 0.25) is 0 Å². The molecule has 4 heteroatoms. The second kappa shape index (κ2) is 6.50. The monoisotopic (exact) mass is 260 g/mol. The van der Waals surface area contributed by atoms with E-state index < -0.39 is 0 Å². The minimum Gasteiger partial charge on any atom is -0.392 e. The molecule has 0 bridgehead atoms. The van der Waals surface area contributed by atoms with E-state index in [1.807, 2.05) is 37.4 Å². The van der Waals surface area contributed by atoms with Crippen LogP contribution in [0.25, 0.3) is 10.9 Å². The second-order valence-corrected chi connectivity index (χ2v) is 4.58. The first-order valence-electron chi connectivity index (χ1n) is 6.46. The van der Waals surface area contributed by atoms with Crippen molar-refractivity contribution in [3.05, 3.63) is 35.9 Å². The Labute approximate surface area is 113 Å². The summed E-state index contributed by atoms with van der Waals surface area (Å²) in [4.78, 5) is 6.72. The van der Waals surface area contributed by atoms with Crippen molar-refractivity contribution in [3.63, 3.8) is 0 Å².